The maximum Gasteiger partial charge on any atom is 0.228 e. The quantitative estimate of drug-likeness (QED) is 0.122. The number of ether oxygens (including phenoxy) is 1. The summed E-state index contributed by atoms with van der Waals surface area (Å²) in [5.41, 5.74) is 6.19. The summed E-state index contributed by atoms with van der Waals surface area (Å²) in [5, 5.41) is 5.76. The van der Waals surface area contributed by atoms with E-state index in [9.17, 15) is 4.79 Å². The van der Waals surface area contributed by atoms with Gasteiger partial charge in [0.2, 0.25) is 11.4 Å². The van der Waals surface area contributed by atoms with Gasteiger partial charge >= 0.3 is 0 Å². The number of thiazole rings is 1. The van der Waals surface area contributed by atoms with Crippen LogP contribution in [0.25, 0.3) is 0 Å². The van der Waals surface area contributed by atoms with Gasteiger partial charge in [0.05, 0.1) is 23.4 Å². The van der Waals surface area contributed by atoms with Gasteiger partial charge in [-0.1, -0.05) is 119 Å². The van der Waals surface area contributed by atoms with Crippen molar-refractivity contribution in [3.63, 3.8) is 0 Å². The fourth-order valence-electron chi connectivity index (χ4n) is 4.74. The number of benzene rings is 2. The van der Waals surface area contributed by atoms with Gasteiger partial charge in [-0.25, -0.2) is 0 Å². The molecule has 7 heteroatoms. The van der Waals surface area contributed by atoms with Gasteiger partial charge in [-0.3, -0.25) is 4.79 Å². The van der Waals surface area contributed by atoms with Crippen LogP contribution in [0.4, 0.5) is 5.69 Å². The lowest BCUT2D eigenvalue weighted by atomic mass is 10.1. The predicted molar refractivity (Wildman–Crippen MR) is 165 cm³/mol. The van der Waals surface area contributed by atoms with E-state index in [4.69, 9.17) is 16.3 Å². The van der Waals surface area contributed by atoms with Crippen molar-refractivity contribution in [3.8, 4) is 5.75 Å². The second-order valence-corrected chi connectivity index (χ2v) is 11.7. The third-order valence-electron chi connectivity index (χ3n) is 7.06. The number of nitrogens with one attached hydrogen (secondary N) is 1. The molecule has 0 saturated carbocycles. The summed E-state index contributed by atoms with van der Waals surface area (Å²) in [5.74, 6) is 0.607. The fraction of sp³-hybridized carbons (Fsp3) is 0.515. The maximum absolute atomic E-state index is 12.8. The molecule has 0 radical (unpaired) electrons. The molecule has 0 saturated heterocycles. The van der Waals surface area contributed by atoms with E-state index in [1.807, 2.05) is 36.4 Å². The van der Waals surface area contributed by atoms with Crippen molar-refractivity contribution < 1.29 is 31.1 Å². The first-order chi connectivity index (χ1) is 19.0. The number of halogens is 2. The number of amides is 1. The van der Waals surface area contributed by atoms with Crippen molar-refractivity contribution in [2.75, 3.05) is 11.9 Å². The van der Waals surface area contributed by atoms with Crippen LogP contribution in [-0.4, -0.2) is 12.5 Å². The molecule has 0 atom stereocenters. The molecule has 1 amide bonds. The number of rotatable bonds is 19. The Morgan fingerprint density at radius 2 is 1.57 bits per heavy atom. The Bertz CT molecular complexity index is 1140. The summed E-state index contributed by atoms with van der Waals surface area (Å²) in [6.07, 6.45) is 16.1. The molecule has 1 aromatic heterocycles. The van der Waals surface area contributed by atoms with Crippen LogP contribution in [0.2, 0.25) is 5.02 Å². The minimum Gasteiger partial charge on any atom is -1.00 e. The Labute approximate surface area is 261 Å². The lowest BCUT2D eigenvalue weighted by Crippen LogP contribution is -3.00. The molecule has 0 bridgehead atoms. The van der Waals surface area contributed by atoms with E-state index in [-0.39, 0.29) is 29.3 Å². The highest BCUT2D eigenvalue weighted by Gasteiger charge is 2.11. The van der Waals surface area contributed by atoms with Gasteiger partial charge in [-0.05, 0) is 36.2 Å². The molecule has 1 heterocycles. The summed E-state index contributed by atoms with van der Waals surface area (Å²) in [6.45, 7) is 5.81. The van der Waals surface area contributed by atoms with E-state index in [0.29, 0.717) is 17.4 Å². The Hall–Kier alpha value is -1.89. The largest absolute Gasteiger partial charge is 1.00 e. The summed E-state index contributed by atoms with van der Waals surface area (Å²) in [6, 6.07) is 13.6. The zero-order valence-electron chi connectivity index (χ0n) is 24.2. The molecule has 2 aromatic carbocycles. The van der Waals surface area contributed by atoms with Crippen LogP contribution in [0.5, 0.6) is 5.75 Å². The smallest absolute Gasteiger partial charge is 0.228 e. The third kappa shape index (κ3) is 13.2. The standard InChI is InChI=1S/C33H45ClN2O2S.BrH/c1-3-4-5-6-7-8-9-10-11-12-13-14-20-38-32-22-28(18-19-31(32)34)23-33(37)35-30-17-15-16-29(21-30)24-36-26-39-25-27(36)2;/h15-19,21-22,25-26H,3-14,20,23-24H2,1-2H3;1H. The second kappa shape index (κ2) is 20.1. The molecule has 0 aliphatic carbocycles. The highest BCUT2D eigenvalue weighted by Crippen LogP contribution is 2.26. The van der Waals surface area contributed by atoms with Crippen LogP contribution in [0.3, 0.4) is 0 Å². The summed E-state index contributed by atoms with van der Waals surface area (Å²) in [4.78, 5) is 12.8. The fourth-order valence-corrected chi connectivity index (χ4v) is 5.70. The van der Waals surface area contributed by atoms with E-state index in [1.165, 1.54) is 76.3 Å². The van der Waals surface area contributed by atoms with Crippen LogP contribution in [0, 0.1) is 6.92 Å². The highest BCUT2D eigenvalue weighted by atomic mass is 79.9. The van der Waals surface area contributed by atoms with E-state index in [0.717, 1.165) is 29.8 Å². The maximum atomic E-state index is 12.8. The van der Waals surface area contributed by atoms with Gasteiger partial charge in [0.25, 0.3) is 0 Å². The molecule has 0 unspecified atom stereocenters. The molecule has 0 spiro atoms. The number of nitrogens with zero attached hydrogens (tertiary/aromatic N) is 1. The van der Waals surface area contributed by atoms with Gasteiger partial charge in [-0.2, -0.15) is 4.57 Å². The lowest BCUT2D eigenvalue weighted by Gasteiger charge is -2.11. The minimum atomic E-state index is -0.0549. The number of hydrogen-bond acceptors (Lipinski definition) is 3. The number of aromatic nitrogens is 1. The number of unbranched alkanes of at least 4 members (excludes halogenated alkanes) is 11. The molecule has 4 nitrogen and oxygen atoms in total. The molecular weight excluding hydrogens is 604 g/mol. The summed E-state index contributed by atoms with van der Waals surface area (Å²) >= 11 is 8.06. The molecule has 0 fully saturated rings. The Morgan fingerprint density at radius 1 is 0.900 bits per heavy atom. The van der Waals surface area contributed by atoms with Crippen molar-refractivity contribution in [1.29, 1.82) is 0 Å². The van der Waals surface area contributed by atoms with Gasteiger partial charge in [0, 0.05) is 18.2 Å². The summed E-state index contributed by atoms with van der Waals surface area (Å²) in [7, 11) is 0. The highest BCUT2D eigenvalue weighted by molar-refractivity contribution is 7.07. The van der Waals surface area contributed by atoms with Crippen LogP contribution in [0.1, 0.15) is 101 Å². The molecule has 1 N–H and O–H groups in total. The van der Waals surface area contributed by atoms with E-state index >= 15 is 0 Å². The Morgan fingerprint density at radius 3 is 2.23 bits per heavy atom. The van der Waals surface area contributed by atoms with Gasteiger partial charge in [-0.15, -0.1) is 0 Å². The number of aryl methyl sites for hydroxylation is 1. The molecule has 0 aliphatic heterocycles. The minimum absolute atomic E-state index is 0. The van der Waals surface area contributed by atoms with Gasteiger partial charge in [0.15, 0.2) is 12.2 Å². The average molecular weight is 650 g/mol. The van der Waals surface area contributed by atoms with Crippen molar-refractivity contribution >= 4 is 34.5 Å². The summed E-state index contributed by atoms with van der Waals surface area (Å²) < 4.78 is 8.19. The van der Waals surface area contributed by atoms with Crippen molar-refractivity contribution in [2.45, 2.75) is 104 Å². The first-order valence-electron chi connectivity index (χ1n) is 14.8. The zero-order valence-corrected chi connectivity index (χ0v) is 27.4. The van der Waals surface area contributed by atoms with Crippen molar-refractivity contribution in [2.24, 2.45) is 0 Å². The second-order valence-electron chi connectivity index (χ2n) is 10.6. The van der Waals surface area contributed by atoms with E-state index in [1.54, 1.807) is 11.3 Å². The SMILES string of the molecule is CCCCCCCCCCCCCCOc1cc(CC(=O)Nc2cccc(C[n+]3cscc3C)c2)ccc1Cl.[Br-]. The van der Waals surface area contributed by atoms with Crippen LogP contribution >= 0.6 is 22.9 Å². The number of carbonyl (C=O) groups is 1. The van der Waals surface area contributed by atoms with E-state index in [2.05, 4.69) is 40.7 Å². The zero-order chi connectivity index (χ0) is 27.7. The van der Waals surface area contributed by atoms with Gasteiger partial charge < -0.3 is 27.0 Å². The number of carbonyl (C=O) groups excluding carboxylic acids is 1. The first-order valence-corrected chi connectivity index (χ1v) is 16.1. The number of anilines is 1. The van der Waals surface area contributed by atoms with Crippen molar-refractivity contribution in [1.82, 2.24) is 0 Å². The topological polar surface area (TPSA) is 42.2 Å². The molecule has 220 valence electrons. The molecule has 0 aliphatic rings. The predicted octanol–water partition coefficient (Wildman–Crippen LogP) is 6.31. The molecular formula is C33H46BrClN2O2S. The van der Waals surface area contributed by atoms with Gasteiger partial charge in [0.1, 0.15) is 5.75 Å². The van der Waals surface area contributed by atoms with Crippen LogP contribution < -0.4 is 31.6 Å². The Kier molecular flexibility index (Phi) is 17.2. The van der Waals surface area contributed by atoms with Crippen LogP contribution in [-0.2, 0) is 17.8 Å². The van der Waals surface area contributed by atoms with E-state index < -0.39 is 0 Å². The lowest BCUT2D eigenvalue weighted by molar-refractivity contribution is -0.689. The Balaban J connectivity index is 0.00000560. The first kappa shape index (κ1) is 34.3. The monoisotopic (exact) mass is 648 g/mol. The van der Waals surface area contributed by atoms with Crippen LogP contribution in [0.15, 0.2) is 53.4 Å². The normalized spacial score (nSPS) is 10.8. The average Bonchev–Trinajstić information content (AvgIpc) is 3.32. The molecule has 3 aromatic rings. The third-order valence-corrected chi connectivity index (χ3v) is 8.22. The number of hydrogen-bond donors (Lipinski definition) is 1. The molecule has 3 rings (SSSR count). The molecule has 40 heavy (non-hydrogen) atoms. The van der Waals surface area contributed by atoms with Crippen molar-refractivity contribution in [3.05, 3.63) is 75.2 Å².